The molecule has 2 aromatic rings. The minimum absolute atomic E-state index is 0.0753. The average Bonchev–Trinajstić information content (AvgIpc) is 2.53. The van der Waals surface area contributed by atoms with Crippen LogP contribution in [0.15, 0.2) is 36.5 Å². The molecule has 0 saturated heterocycles. The first-order chi connectivity index (χ1) is 10.2. The van der Waals surface area contributed by atoms with E-state index in [2.05, 4.69) is 22.4 Å². The molecule has 1 N–H and O–H groups in total. The molecule has 0 aliphatic carbocycles. The summed E-state index contributed by atoms with van der Waals surface area (Å²) < 4.78 is 11.0. The van der Waals surface area contributed by atoms with Gasteiger partial charge in [0.05, 0.1) is 19.8 Å². The number of nitrogens with one attached hydrogen (secondary N) is 1. The highest BCUT2D eigenvalue weighted by atomic mass is 16.5. The van der Waals surface area contributed by atoms with Crippen LogP contribution in [0.25, 0.3) is 0 Å². The highest BCUT2D eigenvalue weighted by Gasteiger charge is 2.20. The third kappa shape index (κ3) is 3.52. The monoisotopic (exact) mass is 286 g/mol. The molecule has 0 fully saturated rings. The second kappa shape index (κ2) is 7.09. The van der Waals surface area contributed by atoms with Gasteiger partial charge in [0.25, 0.3) is 0 Å². The summed E-state index contributed by atoms with van der Waals surface area (Å²) in [6, 6.07) is 10.0. The minimum atomic E-state index is 0.0753. The SMILES string of the molecule is CNC(Cc1ccc(C)cn1)c1c(OC)cccc1OC. The van der Waals surface area contributed by atoms with Crippen molar-refractivity contribution in [3.63, 3.8) is 0 Å². The highest BCUT2D eigenvalue weighted by Crippen LogP contribution is 2.35. The van der Waals surface area contributed by atoms with Crippen molar-refractivity contribution < 1.29 is 9.47 Å². The van der Waals surface area contributed by atoms with E-state index >= 15 is 0 Å². The Bertz CT molecular complexity index is 560. The van der Waals surface area contributed by atoms with Crippen LogP contribution >= 0.6 is 0 Å². The van der Waals surface area contributed by atoms with E-state index in [1.165, 1.54) is 0 Å². The molecule has 0 bridgehead atoms. The number of hydrogen-bond acceptors (Lipinski definition) is 4. The van der Waals surface area contributed by atoms with Crippen molar-refractivity contribution in [2.24, 2.45) is 0 Å². The average molecular weight is 286 g/mol. The van der Waals surface area contributed by atoms with Gasteiger partial charge in [0.1, 0.15) is 11.5 Å². The molecule has 4 heteroatoms. The molecule has 1 atom stereocenters. The van der Waals surface area contributed by atoms with Gasteiger partial charge in [-0.1, -0.05) is 12.1 Å². The van der Waals surface area contributed by atoms with E-state index < -0.39 is 0 Å². The number of aromatic nitrogens is 1. The standard InChI is InChI=1S/C17H22N2O2/c1-12-8-9-13(19-11-12)10-14(18-2)17-15(20-3)6-5-7-16(17)21-4/h5-9,11,14,18H,10H2,1-4H3. The summed E-state index contributed by atoms with van der Waals surface area (Å²) in [7, 11) is 5.29. The molecular weight excluding hydrogens is 264 g/mol. The van der Waals surface area contributed by atoms with Crippen LogP contribution in [-0.4, -0.2) is 26.3 Å². The van der Waals surface area contributed by atoms with Crippen LogP contribution in [0.2, 0.25) is 0 Å². The van der Waals surface area contributed by atoms with Gasteiger partial charge >= 0.3 is 0 Å². The third-order valence-electron chi connectivity index (χ3n) is 3.55. The first-order valence-electron chi connectivity index (χ1n) is 6.99. The van der Waals surface area contributed by atoms with Crippen LogP contribution in [0.4, 0.5) is 0 Å². The van der Waals surface area contributed by atoms with E-state index in [-0.39, 0.29) is 6.04 Å². The largest absolute Gasteiger partial charge is 0.496 e. The van der Waals surface area contributed by atoms with Crippen LogP contribution in [0.1, 0.15) is 22.9 Å². The van der Waals surface area contributed by atoms with Crippen molar-refractivity contribution in [2.75, 3.05) is 21.3 Å². The molecule has 1 heterocycles. The normalized spacial score (nSPS) is 12.0. The van der Waals surface area contributed by atoms with Crippen LogP contribution in [0.3, 0.4) is 0 Å². The lowest BCUT2D eigenvalue weighted by Crippen LogP contribution is -2.21. The summed E-state index contributed by atoms with van der Waals surface area (Å²) in [6.07, 6.45) is 2.66. The lowest BCUT2D eigenvalue weighted by molar-refractivity contribution is 0.372. The Balaban J connectivity index is 2.34. The molecule has 2 rings (SSSR count). The Kier molecular flexibility index (Phi) is 5.17. The molecule has 0 saturated carbocycles. The minimum Gasteiger partial charge on any atom is -0.496 e. The number of benzene rings is 1. The lowest BCUT2D eigenvalue weighted by atomic mass is 9.99. The van der Waals surface area contributed by atoms with E-state index in [9.17, 15) is 0 Å². The van der Waals surface area contributed by atoms with Crippen molar-refractivity contribution in [3.05, 3.63) is 53.3 Å². The van der Waals surface area contributed by atoms with Gasteiger partial charge in [-0.05, 0) is 37.7 Å². The van der Waals surface area contributed by atoms with Gasteiger partial charge in [-0.2, -0.15) is 0 Å². The quantitative estimate of drug-likeness (QED) is 0.886. The zero-order valence-electron chi connectivity index (χ0n) is 13.0. The Morgan fingerprint density at radius 1 is 1.10 bits per heavy atom. The van der Waals surface area contributed by atoms with Crippen molar-refractivity contribution in [1.29, 1.82) is 0 Å². The molecule has 0 aliphatic rings. The number of pyridine rings is 1. The molecule has 4 nitrogen and oxygen atoms in total. The van der Waals surface area contributed by atoms with E-state index in [0.29, 0.717) is 0 Å². The van der Waals surface area contributed by atoms with Crippen LogP contribution in [0, 0.1) is 6.92 Å². The van der Waals surface area contributed by atoms with E-state index in [1.807, 2.05) is 38.4 Å². The molecule has 0 aliphatic heterocycles. The number of aryl methyl sites for hydroxylation is 1. The Morgan fingerprint density at radius 2 is 1.76 bits per heavy atom. The Hall–Kier alpha value is -2.07. The third-order valence-corrected chi connectivity index (χ3v) is 3.55. The van der Waals surface area contributed by atoms with Crippen molar-refractivity contribution in [2.45, 2.75) is 19.4 Å². The summed E-state index contributed by atoms with van der Waals surface area (Å²) in [5, 5.41) is 3.33. The summed E-state index contributed by atoms with van der Waals surface area (Å²) in [5.74, 6) is 1.64. The molecule has 0 amide bonds. The van der Waals surface area contributed by atoms with Gasteiger partial charge in [0.2, 0.25) is 0 Å². The van der Waals surface area contributed by atoms with Crippen LogP contribution in [-0.2, 0) is 6.42 Å². The zero-order chi connectivity index (χ0) is 15.2. The Labute approximate surface area is 126 Å². The summed E-state index contributed by atoms with van der Waals surface area (Å²) in [4.78, 5) is 4.48. The maximum atomic E-state index is 5.49. The van der Waals surface area contributed by atoms with Crippen LogP contribution < -0.4 is 14.8 Å². The fraction of sp³-hybridized carbons (Fsp3) is 0.353. The molecular formula is C17H22N2O2. The number of nitrogens with zero attached hydrogens (tertiary/aromatic N) is 1. The molecule has 1 aromatic heterocycles. The number of likely N-dealkylation sites (N-methyl/N-ethyl adjacent to an activating group) is 1. The van der Waals surface area contributed by atoms with Crippen LogP contribution in [0.5, 0.6) is 11.5 Å². The predicted molar refractivity (Wildman–Crippen MR) is 84.0 cm³/mol. The first kappa shape index (κ1) is 15.3. The second-order valence-corrected chi connectivity index (χ2v) is 4.95. The topological polar surface area (TPSA) is 43.4 Å². The zero-order valence-corrected chi connectivity index (χ0v) is 13.0. The van der Waals surface area contributed by atoms with Gasteiger partial charge in [-0.15, -0.1) is 0 Å². The van der Waals surface area contributed by atoms with Gasteiger partial charge in [0, 0.05) is 24.4 Å². The van der Waals surface area contributed by atoms with Gasteiger partial charge in [-0.3, -0.25) is 4.98 Å². The summed E-state index contributed by atoms with van der Waals surface area (Å²) in [6.45, 7) is 2.04. The molecule has 1 unspecified atom stereocenters. The molecule has 0 spiro atoms. The van der Waals surface area contributed by atoms with Gasteiger partial charge in [-0.25, -0.2) is 0 Å². The maximum absolute atomic E-state index is 5.49. The van der Waals surface area contributed by atoms with E-state index in [4.69, 9.17) is 9.47 Å². The summed E-state index contributed by atoms with van der Waals surface area (Å²) >= 11 is 0. The van der Waals surface area contributed by atoms with Crippen molar-refractivity contribution >= 4 is 0 Å². The Morgan fingerprint density at radius 3 is 2.24 bits per heavy atom. The fourth-order valence-corrected chi connectivity index (χ4v) is 2.40. The van der Waals surface area contributed by atoms with Crippen molar-refractivity contribution in [1.82, 2.24) is 10.3 Å². The first-order valence-corrected chi connectivity index (χ1v) is 6.99. The number of ether oxygens (including phenoxy) is 2. The number of hydrogen-bond donors (Lipinski definition) is 1. The molecule has 1 aromatic carbocycles. The van der Waals surface area contributed by atoms with Gasteiger partial charge < -0.3 is 14.8 Å². The maximum Gasteiger partial charge on any atom is 0.127 e. The fourth-order valence-electron chi connectivity index (χ4n) is 2.40. The number of methoxy groups -OCH3 is 2. The lowest BCUT2D eigenvalue weighted by Gasteiger charge is -2.21. The van der Waals surface area contributed by atoms with Crippen molar-refractivity contribution in [3.8, 4) is 11.5 Å². The highest BCUT2D eigenvalue weighted by molar-refractivity contribution is 5.47. The summed E-state index contributed by atoms with van der Waals surface area (Å²) in [5.41, 5.74) is 3.22. The smallest absolute Gasteiger partial charge is 0.127 e. The molecule has 21 heavy (non-hydrogen) atoms. The number of rotatable bonds is 6. The molecule has 112 valence electrons. The molecule has 0 radical (unpaired) electrons. The van der Waals surface area contributed by atoms with E-state index in [1.54, 1.807) is 14.2 Å². The van der Waals surface area contributed by atoms with Gasteiger partial charge in [0.15, 0.2) is 0 Å². The van der Waals surface area contributed by atoms with E-state index in [0.717, 1.165) is 34.7 Å². The predicted octanol–water partition coefficient (Wildman–Crippen LogP) is 2.91. The second-order valence-electron chi connectivity index (χ2n) is 4.95.